The fraction of sp³-hybridized carbons (Fsp3) is 0.696. The number of hydrogen-bond donors (Lipinski definition) is 0. The molecule has 1 amide bonds. The standard InChI is InChI=1S/C23H37NO/c1-5-9-15-21-18-20(19-13-11-10-12-14-19)16-17-24(21)22(25)23(6-2,7-3)8-4/h10-14,20-21H,5-9,15-18H2,1-4H3. The number of likely N-dealkylation sites (tertiary alicyclic amines) is 1. The summed E-state index contributed by atoms with van der Waals surface area (Å²) in [5, 5.41) is 0. The minimum atomic E-state index is -0.149. The summed E-state index contributed by atoms with van der Waals surface area (Å²) in [4.78, 5) is 15.7. The second-order valence-electron chi connectivity index (χ2n) is 7.77. The summed E-state index contributed by atoms with van der Waals surface area (Å²) >= 11 is 0. The van der Waals surface area contributed by atoms with E-state index in [2.05, 4.69) is 62.9 Å². The van der Waals surface area contributed by atoms with Crippen LogP contribution in [0.2, 0.25) is 0 Å². The molecule has 0 aromatic heterocycles. The summed E-state index contributed by atoms with van der Waals surface area (Å²) in [7, 11) is 0. The molecule has 25 heavy (non-hydrogen) atoms. The van der Waals surface area contributed by atoms with Gasteiger partial charge in [-0.3, -0.25) is 4.79 Å². The first-order valence-electron chi connectivity index (χ1n) is 10.5. The zero-order valence-corrected chi connectivity index (χ0v) is 16.8. The predicted octanol–water partition coefficient (Wildman–Crippen LogP) is 6.17. The highest BCUT2D eigenvalue weighted by atomic mass is 16.2. The van der Waals surface area contributed by atoms with Crippen LogP contribution in [0.1, 0.15) is 90.5 Å². The molecule has 2 heteroatoms. The first-order chi connectivity index (χ1) is 12.1. The lowest BCUT2D eigenvalue weighted by atomic mass is 9.76. The van der Waals surface area contributed by atoms with Crippen molar-refractivity contribution in [3.8, 4) is 0 Å². The lowest BCUT2D eigenvalue weighted by molar-refractivity contribution is -0.147. The average molecular weight is 344 g/mol. The fourth-order valence-electron chi connectivity index (χ4n) is 4.57. The highest BCUT2D eigenvalue weighted by Crippen LogP contribution is 2.39. The van der Waals surface area contributed by atoms with Gasteiger partial charge in [-0.25, -0.2) is 0 Å². The van der Waals surface area contributed by atoms with E-state index >= 15 is 0 Å². The normalized spacial score (nSPS) is 21.4. The number of nitrogens with zero attached hydrogens (tertiary/aromatic N) is 1. The number of benzene rings is 1. The fourth-order valence-corrected chi connectivity index (χ4v) is 4.57. The number of hydrogen-bond acceptors (Lipinski definition) is 1. The topological polar surface area (TPSA) is 20.3 Å². The van der Waals surface area contributed by atoms with Crippen molar-refractivity contribution in [3.05, 3.63) is 35.9 Å². The van der Waals surface area contributed by atoms with E-state index in [4.69, 9.17) is 0 Å². The van der Waals surface area contributed by atoms with E-state index in [0.717, 1.165) is 45.1 Å². The first kappa shape index (κ1) is 20.0. The van der Waals surface area contributed by atoms with Gasteiger partial charge < -0.3 is 4.90 Å². The Morgan fingerprint density at radius 3 is 2.28 bits per heavy atom. The van der Waals surface area contributed by atoms with E-state index in [1.165, 1.54) is 18.4 Å². The number of piperidine rings is 1. The Morgan fingerprint density at radius 2 is 1.72 bits per heavy atom. The third kappa shape index (κ3) is 4.46. The summed E-state index contributed by atoms with van der Waals surface area (Å²) < 4.78 is 0. The average Bonchev–Trinajstić information content (AvgIpc) is 2.68. The summed E-state index contributed by atoms with van der Waals surface area (Å²) in [6, 6.07) is 11.3. The smallest absolute Gasteiger partial charge is 0.229 e. The van der Waals surface area contributed by atoms with Gasteiger partial charge in [0.2, 0.25) is 5.91 Å². The Balaban J connectivity index is 2.18. The summed E-state index contributed by atoms with van der Waals surface area (Å²) in [5.74, 6) is 1.03. The molecule has 2 atom stereocenters. The molecule has 2 nitrogen and oxygen atoms in total. The maximum atomic E-state index is 13.5. The summed E-state index contributed by atoms with van der Waals surface area (Å²) in [5.41, 5.74) is 1.30. The predicted molar refractivity (Wildman–Crippen MR) is 107 cm³/mol. The molecule has 1 aromatic carbocycles. The van der Waals surface area contributed by atoms with Crippen molar-refractivity contribution < 1.29 is 4.79 Å². The summed E-state index contributed by atoms with van der Waals surface area (Å²) in [6.07, 6.45) is 8.67. The van der Waals surface area contributed by atoms with Gasteiger partial charge in [0.15, 0.2) is 0 Å². The van der Waals surface area contributed by atoms with Gasteiger partial charge in [0.05, 0.1) is 0 Å². The van der Waals surface area contributed by atoms with Crippen LogP contribution in [0.25, 0.3) is 0 Å². The van der Waals surface area contributed by atoms with E-state index in [0.29, 0.717) is 17.9 Å². The lowest BCUT2D eigenvalue weighted by Crippen LogP contribution is -2.51. The third-order valence-corrected chi connectivity index (χ3v) is 6.62. The van der Waals surface area contributed by atoms with Crippen molar-refractivity contribution >= 4 is 5.91 Å². The van der Waals surface area contributed by atoms with E-state index in [9.17, 15) is 4.79 Å². The Bertz CT molecular complexity index is 512. The molecular formula is C23H37NO. The maximum absolute atomic E-state index is 13.5. The molecule has 140 valence electrons. The minimum absolute atomic E-state index is 0.149. The van der Waals surface area contributed by atoms with Crippen LogP contribution in [0.4, 0.5) is 0 Å². The molecule has 1 aliphatic rings. The molecular weight excluding hydrogens is 306 g/mol. The maximum Gasteiger partial charge on any atom is 0.229 e. The van der Waals surface area contributed by atoms with Crippen LogP contribution in [0.3, 0.4) is 0 Å². The number of rotatable bonds is 8. The van der Waals surface area contributed by atoms with Gasteiger partial charge in [0.25, 0.3) is 0 Å². The Hall–Kier alpha value is -1.31. The number of carbonyl (C=O) groups excluding carboxylic acids is 1. The van der Waals surface area contributed by atoms with Crippen molar-refractivity contribution in [2.45, 2.75) is 91.0 Å². The van der Waals surface area contributed by atoms with Gasteiger partial charge in [-0.1, -0.05) is 70.9 Å². The molecule has 2 unspecified atom stereocenters. The van der Waals surface area contributed by atoms with Crippen molar-refractivity contribution in [1.82, 2.24) is 4.90 Å². The van der Waals surface area contributed by atoms with Gasteiger partial charge in [0.1, 0.15) is 0 Å². The summed E-state index contributed by atoms with van der Waals surface area (Å²) in [6.45, 7) is 9.72. The Morgan fingerprint density at radius 1 is 1.08 bits per heavy atom. The van der Waals surface area contributed by atoms with E-state index in [-0.39, 0.29) is 5.41 Å². The van der Waals surface area contributed by atoms with Crippen LogP contribution in [-0.2, 0) is 4.79 Å². The van der Waals surface area contributed by atoms with E-state index in [1.807, 2.05) is 0 Å². The molecule has 1 aliphatic heterocycles. The Labute approximate surface area is 155 Å². The van der Waals surface area contributed by atoms with Gasteiger partial charge in [0, 0.05) is 18.0 Å². The first-order valence-corrected chi connectivity index (χ1v) is 10.5. The van der Waals surface area contributed by atoms with E-state index < -0.39 is 0 Å². The van der Waals surface area contributed by atoms with Crippen LogP contribution < -0.4 is 0 Å². The minimum Gasteiger partial charge on any atom is -0.339 e. The van der Waals surface area contributed by atoms with Gasteiger partial charge in [-0.05, 0) is 50.0 Å². The Kier molecular flexibility index (Phi) is 7.53. The lowest BCUT2D eigenvalue weighted by Gasteiger charge is -2.44. The highest BCUT2D eigenvalue weighted by Gasteiger charge is 2.41. The van der Waals surface area contributed by atoms with Gasteiger partial charge >= 0.3 is 0 Å². The van der Waals surface area contributed by atoms with Crippen LogP contribution in [-0.4, -0.2) is 23.4 Å². The number of amides is 1. The van der Waals surface area contributed by atoms with Crippen LogP contribution in [0, 0.1) is 5.41 Å². The molecule has 0 radical (unpaired) electrons. The van der Waals surface area contributed by atoms with Gasteiger partial charge in [-0.15, -0.1) is 0 Å². The molecule has 1 aromatic rings. The SMILES string of the molecule is CCCCC1CC(c2ccccc2)CCN1C(=O)C(CC)(CC)CC. The molecule has 1 heterocycles. The molecule has 0 bridgehead atoms. The molecule has 2 rings (SSSR count). The molecule has 1 fully saturated rings. The largest absolute Gasteiger partial charge is 0.339 e. The van der Waals surface area contributed by atoms with Crippen molar-refractivity contribution in [2.75, 3.05) is 6.54 Å². The van der Waals surface area contributed by atoms with Crippen molar-refractivity contribution in [1.29, 1.82) is 0 Å². The zero-order chi connectivity index (χ0) is 18.3. The van der Waals surface area contributed by atoms with Crippen molar-refractivity contribution in [2.24, 2.45) is 5.41 Å². The van der Waals surface area contributed by atoms with Crippen LogP contribution >= 0.6 is 0 Å². The number of unbranched alkanes of at least 4 members (excludes halogenated alkanes) is 1. The van der Waals surface area contributed by atoms with Crippen LogP contribution in [0.5, 0.6) is 0 Å². The highest BCUT2D eigenvalue weighted by molar-refractivity contribution is 5.83. The quantitative estimate of drug-likeness (QED) is 0.553. The van der Waals surface area contributed by atoms with Gasteiger partial charge in [-0.2, -0.15) is 0 Å². The third-order valence-electron chi connectivity index (χ3n) is 6.62. The zero-order valence-electron chi connectivity index (χ0n) is 16.8. The second-order valence-corrected chi connectivity index (χ2v) is 7.77. The second kappa shape index (κ2) is 9.40. The molecule has 0 spiro atoms. The molecule has 0 aliphatic carbocycles. The monoisotopic (exact) mass is 343 g/mol. The van der Waals surface area contributed by atoms with Crippen LogP contribution in [0.15, 0.2) is 30.3 Å². The van der Waals surface area contributed by atoms with Crippen molar-refractivity contribution in [3.63, 3.8) is 0 Å². The molecule has 1 saturated heterocycles. The van der Waals surface area contributed by atoms with E-state index in [1.54, 1.807) is 0 Å². The molecule has 0 N–H and O–H groups in total. The molecule has 0 saturated carbocycles. The number of carbonyl (C=O) groups is 1.